The molecule has 0 spiro atoms. The Kier molecular flexibility index (Phi) is 5.94. The average molecular weight is 516 g/mol. The summed E-state index contributed by atoms with van der Waals surface area (Å²) in [6, 6.07) is 20.7. The molecule has 0 saturated carbocycles. The van der Waals surface area contributed by atoms with Crippen LogP contribution in [-0.2, 0) is 6.61 Å². The molecule has 0 atom stereocenters. The number of ether oxygens (including phenoxy) is 1. The molecule has 7 rings (SSSR count). The third kappa shape index (κ3) is 4.59. The van der Waals surface area contributed by atoms with Crippen molar-refractivity contribution in [1.29, 1.82) is 0 Å². The first-order chi connectivity index (χ1) is 19.2. The predicted octanol–water partition coefficient (Wildman–Crippen LogP) is 5.50. The van der Waals surface area contributed by atoms with E-state index in [4.69, 9.17) is 9.84 Å². The Hall–Kier alpha value is -4.69. The molecule has 2 aromatic carbocycles. The summed E-state index contributed by atoms with van der Waals surface area (Å²) in [6.45, 7) is 4.59. The minimum Gasteiger partial charge on any atom is -0.487 e. The van der Waals surface area contributed by atoms with E-state index in [9.17, 15) is 0 Å². The largest absolute Gasteiger partial charge is 0.487 e. The highest BCUT2D eigenvalue weighted by molar-refractivity contribution is 6.00. The van der Waals surface area contributed by atoms with Gasteiger partial charge in [0.1, 0.15) is 18.1 Å². The summed E-state index contributed by atoms with van der Waals surface area (Å²) in [7, 11) is 2.17. The molecule has 194 valence electrons. The number of aromatic amines is 2. The van der Waals surface area contributed by atoms with Crippen molar-refractivity contribution in [2.75, 3.05) is 38.1 Å². The number of anilines is 1. The number of nitrogens with zero attached hydrogens (tertiary/aromatic N) is 5. The van der Waals surface area contributed by atoms with Gasteiger partial charge in [-0.1, -0.05) is 36.4 Å². The van der Waals surface area contributed by atoms with Crippen molar-refractivity contribution in [1.82, 2.24) is 30.0 Å². The number of fused-ring (bicyclic) bond motifs is 2. The lowest BCUT2D eigenvalue weighted by atomic mass is 10.0. The Balaban J connectivity index is 1.20. The van der Waals surface area contributed by atoms with Gasteiger partial charge in [-0.15, -0.1) is 0 Å². The molecule has 4 aromatic heterocycles. The van der Waals surface area contributed by atoms with E-state index in [1.165, 1.54) is 11.1 Å². The molecule has 0 unspecified atom stereocenters. The van der Waals surface area contributed by atoms with Gasteiger partial charge in [-0.25, -0.2) is 0 Å². The van der Waals surface area contributed by atoms with Gasteiger partial charge in [0.05, 0.1) is 41.0 Å². The number of nitrogens with one attached hydrogen (secondary N) is 2. The number of benzene rings is 2. The molecule has 1 aliphatic rings. The van der Waals surface area contributed by atoms with Gasteiger partial charge >= 0.3 is 0 Å². The van der Waals surface area contributed by atoms with Crippen molar-refractivity contribution in [2.45, 2.75) is 6.61 Å². The maximum absolute atomic E-state index is 6.02. The van der Waals surface area contributed by atoms with Crippen molar-refractivity contribution >= 4 is 27.5 Å². The fraction of sp³-hybridized carbons (Fsp3) is 0.194. The number of hydrogen-bond donors (Lipinski definition) is 2. The number of hydrogen-bond acceptors (Lipinski definition) is 6. The first-order valence-corrected chi connectivity index (χ1v) is 13.2. The molecule has 1 fully saturated rings. The van der Waals surface area contributed by atoms with Crippen LogP contribution in [0.3, 0.4) is 0 Å². The van der Waals surface area contributed by atoms with E-state index in [0.717, 1.165) is 76.4 Å². The first-order valence-electron chi connectivity index (χ1n) is 13.2. The average Bonchev–Trinajstić information content (AvgIpc) is 3.61. The number of H-pyrrole nitrogens is 2. The smallest absolute Gasteiger partial charge is 0.138 e. The lowest BCUT2D eigenvalue weighted by Gasteiger charge is -2.34. The van der Waals surface area contributed by atoms with Crippen LogP contribution in [0.2, 0.25) is 0 Å². The van der Waals surface area contributed by atoms with E-state index < -0.39 is 0 Å². The molecular formula is C31H29N7O. The van der Waals surface area contributed by atoms with E-state index >= 15 is 0 Å². The highest BCUT2D eigenvalue weighted by Gasteiger charge is 2.19. The molecule has 8 heteroatoms. The van der Waals surface area contributed by atoms with Crippen LogP contribution >= 0.6 is 0 Å². The first kappa shape index (κ1) is 23.4. The molecule has 1 saturated heterocycles. The Labute approximate surface area is 226 Å². The van der Waals surface area contributed by atoms with Crippen LogP contribution in [0.5, 0.6) is 5.75 Å². The zero-order chi connectivity index (χ0) is 26.2. The maximum Gasteiger partial charge on any atom is 0.138 e. The summed E-state index contributed by atoms with van der Waals surface area (Å²) in [4.78, 5) is 17.3. The minimum atomic E-state index is 0.502. The second-order valence-corrected chi connectivity index (χ2v) is 10.1. The van der Waals surface area contributed by atoms with Crippen LogP contribution in [-0.4, -0.2) is 63.3 Å². The van der Waals surface area contributed by atoms with E-state index in [1.54, 1.807) is 6.20 Å². The second kappa shape index (κ2) is 9.89. The van der Waals surface area contributed by atoms with Crippen LogP contribution < -0.4 is 9.64 Å². The third-order valence-corrected chi connectivity index (χ3v) is 7.48. The normalized spacial score (nSPS) is 14.3. The molecule has 0 amide bonds. The lowest BCUT2D eigenvalue weighted by Crippen LogP contribution is -2.44. The Morgan fingerprint density at radius 2 is 1.64 bits per heavy atom. The van der Waals surface area contributed by atoms with Crippen LogP contribution in [0.4, 0.5) is 5.69 Å². The van der Waals surface area contributed by atoms with E-state index in [1.807, 2.05) is 42.9 Å². The summed E-state index contributed by atoms with van der Waals surface area (Å²) in [5, 5.41) is 10.1. The molecule has 8 nitrogen and oxygen atoms in total. The number of rotatable bonds is 6. The summed E-state index contributed by atoms with van der Waals surface area (Å²) in [5.41, 5.74) is 8.19. The van der Waals surface area contributed by atoms with Crippen molar-refractivity contribution < 1.29 is 4.74 Å². The van der Waals surface area contributed by atoms with Crippen molar-refractivity contribution in [3.05, 3.63) is 91.0 Å². The fourth-order valence-corrected chi connectivity index (χ4v) is 5.26. The summed E-state index contributed by atoms with van der Waals surface area (Å²) >= 11 is 0. The van der Waals surface area contributed by atoms with Crippen LogP contribution in [0.1, 0.15) is 5.56 Å². The van der Waals surface area contributed by atoms with E-state index in [0.29, 0.717) is 6.61 Å². The molecule has 39 heavy (non-hydrogen) atoms. The molecule has 0 bridgehead atoms. The maximum atomic E-state index is 6.02. The van der Waals surface area contributed by atoms with Gasteiger partial charge in [-0.2, -0.15) is 5.10 Å². The van der Waals surface area contributed by atoms with Gasteiger partial charge in [0, 0.05) is 48.7 Å². The van der Waals surface area contributed by atoms with Gasteiger partial charge in [0.2, 0.25) is 0 Å². The van der Waals surface area contributed by atoms with Gasteiger partial charge in [-0.05, 0) is 42.4 Å². The third-order valence-electron chi connectivity index (χ3n) is 7.48. The van der Waals surface area contributed by atoms with Crippen LogP contribution in [0.15, 0.2) is 85.5 Å². The quantitative estimate of drug-likeness (QED) is 0.305. The number of aromatic nitrogens is 5. The molecule has 1 aliphatic heterocycles. The molecular weight excluding hydrogens is 486 g/mol. The molecule has 0 aliphatic carbocycles. The molecule has 2 N–H and O–H groups in total. The SMILES string of the molecule is CN1CCN(c2cncc3[nH]c(-c4n[nH]c5ccc(-c6cncc(OCc7ccccc7)c6)cc45)cc23)CC1. The van der Waals surface area contributed by atoms with Crippen LogP contribution in [0, 0.1) is 0 Å². The predicted molar refractivity (Wildman–Crippen MR) is 155 cm³/mol. The summed E-state index contributed by atoms with van der Waals surface area (Å²) in [6.07, 6.45) is 7.50. The van der Waals surface area contributed by atoms with E-state index in [2.05, 4.69) is 73.3 Å². The number of piperazine rings is 1. The van der Waals surface area contributed by atoms with Crippen LogP contribution in [0.25, 0.3) is 44.3 Å². The Bertz CT molecular complexity index is 1750. The van der Waals surface area contributed by atoms with Crippen molar-refractivity contribution in [3.8, 4) is 28.3 Å². The monoisotopic (exact) mass is 515 g/mol. The zero-order valence-electron chi connectivity index (χ0n) is 21.8. The summed E-state index contributed by atoms with van der Waals surface area (Å²) < 4.78 is 6.02. The highest BCUT2D eigenvalue weighted by atomic mass is 16.5. The van der Waals surface area contributed by atoms with Crippen molar-refractivity contribution in [3.63, 3.8) is 0 Å². The topological polar surface area (TPSA) is 86.0 Å². The standard InChI is InChI=1S/C31H29N7O/c1-37-9-11-38(12-10-37)30-19-33-18-29-25(30)15-28(34-29)31-26-14-22(7-8-27(26)35-36-31)23-13-24(17-32-16-23)39-20-21-5-3-2-4-6-21/h2-8,13-19,34H,9-12,20H2,1H3,(H,35,36). The number of likely N-dealkylation sites (N-methyl/N-ethyl adjacent to an activating group) is 1. The van der Waals surface area contributed by atoms with Crippen molar-refractivity contribution in [2.24, 2.45) is 0 Å². The van der Waals surface area contributed by atoms with Gasteiger partial charge in [0.25, 0.3) is 0 Å². The Morgan fingerprint density at radius 3 is 2.51 bits per heavy atom. The molecule has 0 radical (unpaired) electrons. The zero-order valence-corrected chi connectivity index (χ0v) is 21.8. The minimum absolute atomic E-state index is 0.502. The second-order valence-electron chi connectivity index (χ2n) is 10.1. The molecule has 6 aromatic rings. The van der Waals surface area contributed by atoms with Gasteiger partial charge < -0.3 is 19.5 Å². The number of pyridine rings is 2. The molecule has 5 heterocycles. The highest BCUT2D eigenvalue weighted by Crippen LogP contribution is 2.35. The van der Waals surface area contributed by atoms with Gasteiger partial charge in [0.15, 0.2) is 0 Å². The lowest BCUT2D eigenvalue weighted by molar-refractivity contribution is 0.305. The Morgan fingerprint density at radius 1 is 0.795 bits per heavy atom. The summed E-state index contributed by atoms with van der Waals surface area (Å²) in [5.74, 6) is 0.739. The fourth-order valence-electron chi connectivity index (χ4n) is 5.26. The van der Waals surface area contributed by atoms with Gasteiger partial charge in [-0.3, -0.25) is 15.1 Å². The van der Waals surface area contributed by atoms with E-state index in [-0.39, 0.29) is 0 Å².